The molecule has 3 heterocycles. The second kappa shape index (κ2) is 8.09. The lowest BCUT2D eigenvalue weighted by Crippen LogP contribution is -2.14. The van der Waals surface area contributed by atoms with Crippen molar-refractivity contribution in [3.63, 3.8) is 0 Å². The number of fused-ring (bicyclic) bond motifs is 2. The molecule has 3 aromatic heterocycles. The topological polar surface area (TPSA) is 111 Å². The molecule has 0 saturated carbocycles. The summed E-state index contributed by atoms with van der Waals surface area (Å²) < 4.78 is 1.42. The van der Waals surface area contributed by atoms with Crippen LogP contribution in [-0.4, -0.2) is 31.7 Å². The first-order valence-corrected chi connectivity index (χ1v) is 10.1. The van der Waals surface area contributed by atoms with Gasteiger partial charge in [-0.2, -0.15) is 9.78 Å². The summed E-state index contributed by atoms with van der Waals surface area (Å²) in [5, 5.41) is 7.86. The molecule has 0 unspecified atom stereocenters. The lowest BCUT2D eigenvalue weighted by molar-refractivity contribution is 0.102. The average molecular weight is 442 g/mol. The Morgan fingerprint density at radius 3 is 2.50 bits per heavy atom. The van der Waals surface area contributed by atoms with Crippen molar-refractivity contribution in [2.75, 3.05) is 11.1 Å². The summed E-state index contributed by atoms with van der Waals surface area (Å²) in [4.78, 5) is 26.6. The minimum atomic E-state index is -0.422. The molecule has 156 valence electrons. The maximum Gasteiger partial charge on any atom is 0.261 e. The van der Waals surface area contributed by atoms with Crippen molar-refractivity contribution < 1.29 is 4.79 Å². The van der Waals surface area contributed by atoms with Gasteiger partial charge in [-0.15, -0.1) is 0 Å². The molecule has 5 rings (SSSR count). The third kappa shape index (κ3) is 3.63. The number of anilines is 2. The zero-order valence-electron chi connectivity index (χ0n) is 16.6. The van der Waals surface area contributed by atoms with Crippen LogP contribution in [0.15, 0.2) is 78.2 Å². The second-order valence-corrected chi connectivity index (χ2v) is 7.38. The summed E-state index contributed by atoms with van der Waals surface area (Å²) in [7, 11) is 0. The monoisotopic (exact) mass is 441 g/mol. The van der Waals surface area contributed by atoms with Crippen LogP contribution in [0.2, 0.25) is 5.02 Å². The number of hydrogen-bond acceptors (Lipinski definition) is 6. The van der Waals surface area contributed by atoms with E-state index in [1.54, 1.807) is 48.9 Å². The molecular formula is C23H16ClN7O. The van der Waals surface area contributed by atoms with Gasteiger partial charge in [0.15, 0.2) is 5.65 Å². The molecule has 0 radical (unpaired) electrons. The highest BCUT2D eigenvalue weighted by Crippen LogP contribution is 2.28. The van der Waals surface area contributed by atoms with Gasteiger partial charge in [0, 0.05) is 28.7 Å². The van der Waals surface area contributed by atoms with Gasteiger partial charge in [-0.05, 0) is 42.5 Å². The molecule has 0 aliphatic heterocycles. The zero-order chi connectivity index (χ0) is 22.1. The summed E-state index contributed by atoms with van der Waals surface area (Å²) in [6, 6.07) is 17.8. The predicted octanol–water partition coefficient (Wildman–Crippen LogP) is 4.35. The minimum Gasteiger partial charge on any atom is -0.383 e. The number of pyridine rings is 1. The number of halogens is 1. The fraction of sp³-hybridized carbons (Fsp3) is 0. The number of benzene rings is 2. The van der Waals surface area contributed by atoms with Crippen molar-refractivity contribution in [1.82, 2.24) is 19.6 Å². The molecule has 1 amide bonds. The van der Waals surface area contributed by atoms with Crippen LogP contribution in [0.3, 0.4) is 0 Å². The number of hydrogen-bond donors (Lipinski definition) is 2. The van der Waals surface area contributed by atoms with Gasteiger partial charge < -0.3 is 11.1 Å². The highest BCUT2D eigenvalue weighted by atomic mass is 35.5. The van der Waals surface area contributed by atoms with E-state index in [4.69, 9.17) is 17.3 Å². The van der Waals surface area contributed by atoms with E-state index in [9.17, 15) is 4.79 Å². The fourth-order valence-corrected chi connectivity index (χ4v) is 3.42. The van der Waals surface area contributed by atoms with E-state index in [1.165, 1.54) is 4.68 Å². The Bertz CT molecular complexity index is 1480. The summed E-state index contributed by atoms with van der Waals surface area (Å²) in [6.45, 7) is 0. The number of nitrogens with one attached hydrogen (secondary N) is 1. The lowest BCUT2D eigenvalue weighted by Gasteiger charge is -2.05. The smallest absolute Gasteiger partial charge is 0.261 e. The molecule has 3 N–H and O–H groups in total. The Morgan fingerprint density at radius 2 is 1.78 bits per heavy atom. The van der Waals surface area contributed by atoms with Crippen LogP contribution in [0, 0.1) is 0 Å². The van der Waals surface area contributed by atoms with Gasteiger partial charge in [0.1, 0.15) is 16.9 Å². The number of nitrogens with zero attached hydrogens (tertiary/aromatic N) is 5. The Labute approximate surface area is 187 Å². The van der Waals surface area contributed by atoms with Crippen molar-refractivity contribution in [1.29, 1.82) is 0 Å². The number of rotatable bonds is 4. The normalized spacial score (nSPS) is 11.4. The van der Waals surface area contributed by atoms with E-state index in [1.807, 2.05) is 30.3 Å². The second-order valence-electron chi connectivity index (χ2n) is 6.95. The third-order valence-corrected chi connectivity index (χ3v) is 5.06. The number of amides is 1. The maximum absolute atomic E-state index is 13.2. The molecule has 32 heavy (non-hydrogen) atoms. The van der Waals surface area contributed by atoms with Crippen molar-refractivity contribution in [2.24, 2.45) is 5.10 Å². The number of nitrogens with two attached hydrogens (primary N) is 1. The van der Waals surface area contributed by atoms with Crippen LogP contribution in [0.4, 0.5) is 11.5 Å². The zero-order valence-corrected chi connectivity index (χ0v) is 17.4. The number of carbonyl (C=O) groups excluding carboxylic acids is 1. The van der Waals surface area contributed by atoms with Crippen LogP contribution in [0.25, 0.3) is 22.2 Å². The number of para-hydroxylation sites is 2. The van der Waals surface area contributed by atoms with Gasteiger partial charge in [-0.3, -0.25) is 9.78 Å². The summed E-state index contributed by atoms with van der Waals surface area (Å²) in [5.74, 6) is -0.295. The molecule has 9 heteroatoms. The molecular weight excluding hydrogens is 426 g/mol. The summed E-state index contributed by atoms with van der Waals surface area (Å²) in [5.41, 5.74) is 9.98. The first-order chi connectivity index (χ1) is 15.6. The molecule has 0 saturated heterocycles. The minimum absolute atomic E-state index is 0.127. The van der Waals surface area contributed by atoms with Gasteiger partial charge in [0.05, 0.1) is 17.2 Å². The average Bonchev–Trinajstić information content (AvgIpc) is 3.08. The van der Waals surface area contributed by atoms with Gasteiger partial charge >= 0.3 is 0 Å². The quantitative estimate of drug-likeness (QED) is 0.403. The van der Waals surface area contributed by atoms with E-state index in [2.05, 4.69) is 25.4 Å². The first kappa shape index (κ1) is 19.7. The molecule has 5 aromatic rings. The largest absolute Gasteiger partial charge is 0.383 e. The summed E-state index contributed by atoms with van der Waals surface area (Å²) >= 11 is 5.94. The van der Waals surface area contributed by atoms with Crippen molar-refractivity contribution in [3.8, 4) is 0 Å². The predicted molar refractivity (Wildman–Crippen MR) is 126 cm³/mol. The molecule has 0 bridgehead atoms. The van der Waals surface area contributed by atoms with E-state index in [0.29, 0.717) is 32.9 Å². The molecule has 0 atom stereocenters. The Hall–Kier alpha value is -4.30. The van der Waals surface area contributed by atoms with Crippen LogP contribution >= 0.6 is 11.6 Å². The Morgan fingerprint density at radius 1 is 1.03 bits per heavy atom. The SMILES string of the molecule is Nc1c(C(=O)Nc2ccc(Cl)cc2)c2nc3ccccc3nc2n1/N=C/c1cccnc1. The molecule has 0 aliphatic rings. The lowest BCUT2D eigenvalue weighted by atomic mass is 10.2. The molecule has 8 nitrogen and oxygen atoms in total. The van der Waals surface area contributed by atoms with Crippen molar-refractivity contribution >= 4 is 57.4 Å². The van der Waals surface area contributed by atoms with Crippen molar-refractivity contribution in [2.45, 2.75) is 0 Å². The number of carbonyl (C=O) groups is 1. The van der Waals surface area contributed by atoms with E-state index in [0.717, 1.165) is 5.56 Å². The summed E-state index contributed by atoms with van der Waals surface area (Å²) in [6.07, 6.45) is 4.94. The molecule has 0 fully saturated rings. The molecule has 0 spiro atoms. The number of nitrogen functional groups attached to an aromatic ring is 1. The van der Waals surface area contributed by atoms with Gasteiger partial charge in [-0.25, -0.2) is 9.97 Å². The highest BCUT2D eigenvalue weighted by Gasteiger charge is 2.24. The fourth-order valence-electron chi connectivity index (χ4n) is 3.29. The van der Waals surface area contributed by atoms with E-state index in [-0.39, 0.29) is 11.4 Å². The van der Waals surface area contributed by atoms with Gasteiger partial charge in [0.2, 0.25) is 0 Å². The maximum atomic E-state index is 13.2. The first-order valence-electron chi connectivity index (χ1n) is 9.68. The standard InChI is InChI=1S/C23H16ClN7O/c24-15-7-9-16(10-8-15)28-23(32)19-20-22(30-18-6-2-1-5-17(18)29-20)31(21(19)25)27-13-14-4-3-11-26-12-14/h1-13H,25H2,(H,28,32)/b27-13+. The number of aromatic nitrogens is 4. The Kier molecular flexibility index (Phi) is 4.97. The van der Waals surface area contributed by atoms with E-state index < -0.39 is 5.91 Å². The van der Waals surface area contributed by atoms with Crippen LogP contribution < -0.4 is 11.1 Å². The van der Waals surface area contributed by atoms with Crippen LogP contribution in [0.5, 0.6) is 0 Å². The van der Waals surface area contributed by atoms with Crippen LogP contribution in [-0.2, 0) is 0 Å². The highest BCUT2D eigenvalue weighted by molar-refractivity contribution is 6.30. The third-order valence-electron chi connectivity index (χ3n) is 4.81. The molecule has 2 aromatic carbocycles. The van der Waals surface area contributed by atoms with Gasteiger partial charge in [0.25, 0.3) is 5.91 Å². The molecule has 0 aliphatic carbocycles. The van der Waals surface area contributed by atoms with Crippen molar-refractivity contribution in [3.05, 3.63) is 89.2 Å². The van der Waals surface area contributed by atoms with Gasteiger partial charge in [-0.1, -0.05) is 29.8 Å². The van der Waals surface area contributed by atoms with Crippen LogP contribution in [0.1, 0.15) is 15.9 Å². The Balaban J connectivity index is 1.66. The van der Waals surface area contributed by atoms with E-state index >= 15 is 0 Å².